The molecule has 0 spiro atoms. The second-order valence-corrected chi connectivity index (χ2v) is 4.87. The zero-order chi connectivity index (χ0) is 16.1. The molecule has 0 bridgehead atoms. The first-order chi connectivity index (χ1) is 10.5. The molecular formula is C15H18O7. The third kappa shape index (κ3) is 3.90. The summed E-state index contributed by atoms with van der Waals surface area (Å²) in [6.07, 6.45) is -4.59. The normalized spacial score (nSPS) is 32.1. The van der Waals surface area contributed by atoms with Gasteiger partial charge in [0.05, 0.1) is 6.61 Å². The van der Waals surface area contributed by atoms with E-state index in [2.05, 4.69) is 0 Å². The number of aliphatic hydroxyl groups excluding tert-OH is 4. The summed E-state index contributed by atoms with van der Waals surface area (Å²) in [6.45, 7) is -0.580. The van der Waals surface area contributed by atoms with Crippen molar-refractivity contribution in [2.24, 2.45) is 0 Å². The highest BCUT2D eigenvalue weighted by molar-refractivity contribution is 5.87. The van der Waals surface area contributed by atoms with Crippen LogP contribution in [-0.4, -0.2) is 63.7 Å². The van der Waals surface area contributed by atoms with Crippen molar-refractivity contribution >= 4 is 12.0 Å². The first-order valence-corrected chi connectivity index (χ1v) is 6.77. The average Bonchev–Trinajstić information content (AvgIpc) is 2.54. The molecule has 4 N–H and O–H groups in total. The number of benzene rings is 1. The van der Waals surface area contributed by atoms with Gasteiger partial charge in [-0.25, -0.2) is 4.79 Å². The van der Waals surface area contributed by atoms with Gasteiger partial charge in [-0.1, -0.05) is 30.3 Å². The van der Waals surface area contributed by atoms with Crippen LogP contribution in [-0.2, 0) is 14.3 Å². The largest absolute Gasteiger partial charge is 0.451 e. The Morgan fingerprint density at radius 2 is 1.86 bits per heavy atom. The summed E-state index contributed by atoms with van der Waals surface area (Å²) in [5.41, 5.74) is 0.779. The highest BCUT2D eigenvalue weighted by Gasteiger charge is 2.45. The molecule has 1 aromatic carbocycles. The summed E-state index contributed by atoms with van der Waals surface area (Å²) in [5, 5.41) is 38.2. The molecular weight excluding hydrogens is 292 g/mol. The number of esters is 1. The van der Waals surface area contributed by atoms with Crippen molar-refractivity contribution < 1.29 is 34.7 Å². The summed E-state index contributed by atoms with van der Waals surface area (Å²) in [7, 11) is 0. The van der Waals surface area contributed by atoms with Gasteiger partial charge in [-0.05, 0) is 11.6 Å². The van der Waals surface area contributed by atoms with Crippen molar-refractivity contribution in [2.75, 3.05) is 6.61 Å². The van der Waals surface area contributed by atoms with Crippen LogP contribution < -0.4 is 0 Å². The van der Waals surface area contributed by atoms with E-state index in [0.717, 1.165) is 11.6 Å². The van der Waals surface area contributed by atoms with Gasteiger partial charge in [0.15, 0.2) is 12.4 Å². The number of carbonyl (C=O) groups excluding carboxylic acids is 1. The summed E-state index contributed by atoms with van der Waals surface area (Å²) in [4.78, 5) is 11.7. The average molecular weight is 310 g/mol. The number of hydrogen-bond acceptors (Lipinski definition) is 7. The minimum atomic E-state index is -1.63. The Balaban J connectivity index is 1.97. The van der Waals surface area contributed by atoms with Gasteiger partial charge in [0.1, 0.15) is 18.3 Å². The summed E-state index contributed by atoms with van der Waals surface area (Å²) >= 11 is 0. The van der Waals surface area contributed by atoms with Gasteiger partial charge in [0.25, 0.3) is 0 Å². The standard InChI is InChI=1S/C15H18O7/c16-8-10-12(18)13(19)14(15(20)21-10)22-11(17)7-6-9-4-2-1-3-5-9/h1-7,10,12-16,18-20H,8H2/t10-,12-,13+,14+,15-/m1/s1. The molecule has 0 radical (unpaired) electrons. The van der Waals surface area contributed by atoms with E-state index in [1.807, 2.05) is 6.07 Å². The van der Waals surface area contributed by atoms with Crippen LogP contribution in [0.5, 0.6) is 0 Å². The highest BCUT2D eigenvalue weighted by atomic mass is 16.7. The van der Waals surface area contributed by atoms with E-state index >= 15 is 0 Å². The predicted octanol–water partition coefficient (Wildman–Crippen LogP) is -0.957. The lowest BCUT2D eigenvalue weighted by Crippen LogP contribution is -2.59. The fourth-order valence-electron chi connectivity index (χ4n) is 2.10. The molecule has 0 aliphatic carbocycles. The molecule has 1 fully saturated rings. The first-order valence-electron chi connectivity index (χ1n) is 6.77. The van der Waals surface area contributed by atoms with E-state index in [0.29, 0.717) is 0 Å². The predicted molar refractivity (Wildman–Crippen MR) is 75.3 cm³/mol. The topological polar surface area (TPSA) is 116 Å². The molecule has 0 saturated carbocycles. The molecule has 1 aliphatic rings. The van der Waals surface area contributed by atoms with E-state index < -0.39 is 43.3 Å². The van der Waals surface area contributed by atoms with Gasteiger partial charge in [-0.15, -0.1) is 0 Å². The first kappa shape index (κ1) is 16.6. The molecule has 1 aliphatic heterocycles. The minimum absolute atomic E-state index is 0.580. The van der Waals surface area contributed by atoms with Crippen LogP contribution in [0.1, 0.15) is 5.56 Å². The van der Waals surface area contributed by atoms with E-state index in [4.69, 9.17) is 14.6 Å². The number of rotatable bonds is 4. The van der Waals surface area contributed by atoms with E-state index in [1.165, 1.54) is 6.08 Å². The van der Waals surface area contributed by atoms with Crippen LogP contribution >= 0.6 is 0 Å². The van der Waals surface area contributed by atoms with Crippen molar-refractivity contribution in [3.8, 4) is 0 Å². The molecule has 0 amide bonds. The second-order valence-electron chi connectivity index (χ2n) is 4.87. The molecule has 0 unspecified atom stereocenters. The molecule has 1 saturated heterocycles. The monoisotopic (exact) mass is 310 g/mol. The zero-order valence-electron chi connectivity index (χ0n) is 11.6. The van der Waals surface area contributed by atoms with Crippen molar-refractivity contribution in [3.63, 3.8) is 0 Å². The minimum Gasteiger partial charge on any atom is -0.451 e. The Morgan fingerprint density at radius 3 is 2.50 bits per heavy atom. The fourth-order valence-corrected chi connectivity index (χ4v) is 2.10. The molecule has 1 aromatic rings. The van der Waals surface area contributed by atoms with Gasteiger partial charge >= 0.3 is 5.97 Å². The molecule has 7 nitrogen and oxygen atoms in total. The summed E-state index contributed by atoms with van der Waals surface area (Å²) in [5.74, 6) is -0.801. The van der Waals surface area contributed by atoms with Crippen LogP contribution in [0, 0.1) is 0 Å². The Bertz CT molecular complexity index is 516. The summed E-state index contributed by atoms with van der Waals surface area (Å²) < 4.78 is 9.80. The Kier molecular flexibility index (Phi) is 5.64. The van der Waals surface area contributed by atoms with Gasteiger partial charge < -0.3 is 29.9 Å². The maximum atomic E-state index is 11.7. The van der Waals surface area contributed by atoms with Crippen LogP contribution in [0.2, 0.25) is 0 Å². The molecule has 22 heavy (non-hydrogen) atoms. The number of carbonyl (C=O) groups is 1. The zero-order valence-corrected chi connectivity index (χ0v) is 11.6. The van der Waals surface area contributed by atoms with Gasteiger partial charge in [0.2, 0.25) is 0 Å². The van der Waals surface area contributed by atoms with Crippen molar-refractivity contribution in [2.45, 2.75) is 30.7 Å². The third-order valence-electron chi connectivity index (χ3n) is 3.31. The third-order valence-corrected chi connectivity index (χ3v) is 3.31. The van der Waals surface area contributed by atoms with Crippen LogP contribution in [0.4, 0.5) is 0 Å². The smallest absolute Gasteiger partial charge is 0.331 e. The fraction of sp³-hybridized carbons (Fsp3) is 0.400. The number of ether oxygens (including phenoxy) is 2. The van der Waals surface area contributed by atoms with Crippen LogP contribution in [0.15, 0.2) is 36.4 Å². The second kappa shape index (κ2) is 7.48. The lowest BCUT2D eigenvalue weighted by Gasteiger charge is -2.39. The van der Waals surface area contributed by atoms with Crippen molar-refractivity contribution in [1.82, 2.24) is 0 Å². The van der Waals surface area contributed by atoms with Gasteiger partial charge in [0, 0.05) is 6.08 Å². The molecule has 120 valence electrons. The quantitative estimate of drug-likeness (QED) is 0.418. The van der Waals surface area contributed by atoms with Crippen LogP contribution in [0.3, 0.4) is 0 Å². The molecule has 2 rings (SSSR count). The van der Waals surface area contributed by atoms with E-state index in [1.54, 1.807) is 24.3 Å². The van der Waals surface area contributed by atoms with E-state index in [9.17, 15) is 20.1 Å². The maximum Gasteiger partial charge on any atom is 0.331 e. The Morgan fingerprint density at radius 1 is 1.18 bits per heavy atom. The lowest BCUT2D eigenvalue weighted by atomic mass is 9.99. The molecule has 5 atom stereocenters. The van der Waals surface area contributed by atoms with Gasteiger partial charge in [-0.2, -0.15) is 0 Å². The van der Waals surface area contributed by atoms with Crippen LogP contribution in [0.25, 0.3) is 6.08 Å². The molecule has 0 aromatic heterocycles. The molecule has 1 heterocycles. The summed E-state index contributed by atoms with van der Waals surface area (Å²) in [6, 6.07) is 9.01. The van der Waals surface area contributed by atoms with Gasteiger partial charge in [-0.3, -0.25) is 0 Å². The SMILES string of the molecule is O=C(C=Cc1ccccc1)O[C@H]1[C@@H](O)[C@H](O)[C@@H](CO)O[C@H]1O. The number of hydrogen-bond donors (Lipinski definition) is 4. The lowest BCUT2D eigenvalue weighted by molar-refractivity contribution is -0.289. The number of aliphatic hydroxyl groups is 4. The van der Waals surface area contributed by atoms with Crippen molar-refractivity contribution in [1.29, 1.82) is 0 Å². The Labute approximate surface area is 127 Å². The molecule has 7 heteroatoms. The van der Waals surface area contributed by atoms with Crippen molar-refractivity contribution in [3.05, 3.63) is 42.0 Å². The highest BCUT2D eigenvalue weighted by Crippen LogP contribution is 2.22. The van der Waals surface area contributed by atoms with E-state index in [-0.39, 0.29) is 0 Å². The Hall–Kier alpha value is -1.77. The maximum absolute atomic E-state index is 11.7.